The van der Waals surface area contributed by atoms with Crippen molar-refractivity contribution >= 4 is 23.1 Å². The number of amides is 1. The summed E-state index contributed by atoms with van der Waals surface area (Å²) in [5, 5.41) is 32.2. The summed E-state index contributed by atoms with van der Waals surface area (Å²) in [4.78, 5) is 35.9. The number of halogens is 1. The van der Waals surface area contributed by atoms with Crippen LogP contribution in [0.3, 0.4) is 0 Å². The van der Waals surface area contributed by atoms with Gasteiger partial charge in [-0.15, -0.1) is 6.58 Å². The summed E-state index contributed by atoms with van der Waals surface area (Å²) >= 11 is 0. The Morgan fingerprint density at radius 3 is 2.85 bits per heavy atom. The highest BCUT2D eigenvalue weighted by Crippen LogP contribution is 2.37. The van der Waals surface area contributed by atoms with Crippen LogP contribution in [0.4, 0.5) is 15.0 Å². The predicted octanol–water partition coefficient (Wildman–Crippen LogP) is 2.52. The molecule has 1 saturated carbocycles. The van der Waals surface area contributed by atoms with Gasteiger partial charge in [0.1, 0.15) is 30.0 Å². The quantitative estimate of drug-likeness (QED) is 0.139. The van der Waals surface area contributed by atoms with Gasteiger partial charge in [-0.05, 0) is 38.5 Å². The van der Waals surface area contributed by atoms with E-state index >= 15 is 0 Å². The lowest BCUT2D eigenvalue weighted by Gasteiger charge is -2.39. The Morgan fingerprint density at radius 1 is 1.38 bits per heavy atom. The summed E-state index contributed by atoms with van der Waals surface area (Å²) in [6, 6.07) is 0. The highest BCUT2D eigenvalue weighted by atomic mass is 19.1. The summed E-state index contributed by atoms with van der Waals surface area (Å²) in [5.41, 5.74) is -0.683. The van der Waals surface area contributed by atoms with E-state index in [0.717, 1.165) is 19.3 Å². The summed E-state index contributed by atoms with van der Waals surface area (Å²) < 4.78 is 26.7. The minimum atomic E-state index is -1.43. The minimum absolute atomic E-state index is 0.0159. The van der Waals surface area contributed by atoms with Gasteiger partial charge in [-0.1, -0.05) is 19.9 Å². The molecule has 2 aliphatic rings. The Labute approximate surface area is 224 Å². The van der Waals surface area contributed by atoms with Crippen LogP contribution in [0.5, 0.6) is 0 Å². The Morgan fingerprint density at radius 2 is 2.18 bits per heavy atom. The molecule has 4 rings (SSSR count). The summed E-state index contributed by atoms with van der Waals surface area (Å²) in [6.07, 6.45) is -0.00263. The molecular formula is C25H36FN5O8. The number of fused-ring (bicyclic) bond motifs is 1. The maximum Gasteiger partial charge on any atom is 0.413 e. The molecule has 4 N–H and O–H groups in total. The van der Waals surface area contributed by atoms with Crippen molar-refractivity contribution in [1.29, 1.82) is 0 Å². The third kappa shape index (κ3) is 6.36. The molecule has 0 spiro atoms. The van der Waals surface area contributed by atoms with Gasteiger partial charge in [-0.25, -0.2) is 19.6 Å². The third-order valence-electron chi connectivity index (χ3n) is 7.33. The SMILES string of the molecule is C=CCC(CC)OO[C@]1(CC)CCCC(OC(=O)Nc2nc(F)nc3c2ncn3[C@@H]2O[C@H](CO)[C@@H](O)[C@@H]2O)C1. The van der Waals surface area contributed by atoms with E-state index in [1.165, 1.54) is 10.9 Å². The lowest BCUT2D eigenvalue weighted by molar-refractivity contribution is -0.393. The van der Waals surface area contributed by atoms with E-state index < -0.39 is 55.0 Å². The molecule has 0 radical (unpaired) electrons. The molecule has 216 valence electrons. The number of nitrogens with zero attached hydrogens (tertiary/aromatic N) is 4. The fourth-order valence-corrected chi connectivity index (χ4v) is 5.01. The van der Waals surface area contributed by atoms with Crippen molar-refractivity contribution in [1.82, 2.24) is 19.5 Å². The van der Waals surface area contributed by atoms with Gasteiger partial charge in [-0.2, -0.15) is 14.4 Å². The molecule has 1 amide bonds. The molecule has 39 heavy (non-hydrogen) atoms. The van der Waals surface area contributed by atoms with E-state index in [4.69, 9.17) is 19.2 Å². The summed E-state index contributed by atoms with van der Waals surface area (Å²) in [6.45, 7) is 7.20. The average molecular weight is 554 g/mol. The zero-order valence-corrected chi connectivity index (χ0v) is 22.0. The van der Waals surface area contributed by atoms with E-state index in [1.807, 2.05) is 13.8 Å². The largest absolute Gasteiger partial charge is 0.446 e. The number of carbonyl (C=O) groups is 1. The Hall–Kier alpha value is -2.75. The first kappa shape index (κ1) is 29.2. The molecule has 3 heterocycles. The lowest BCUT2D eigenvalue weighted by Crippen LogP contribution is -2.42. The van der Waals surface area contributed by atoms with Crippen molar-refractivity contribution < 1.29 is 43.8 Å². The zero-order chi connectivity index (χ0) is 28.2. The van der Waals surface area contributed by atoms with E-state index in [1.54, 1.807) is 6.08 Å². The number of aliphatic hydroxyl groups is 3. The molecule has 13 nitrogen and oxygen atoms in total. The van der Waals surface area contributed by atoms with Crippen molar-refractivity contribution in [3.63, 3.8) is 0 Å². The van der Waals surface area contributed by atoms with Gasteiger partial charge < -0.3 is 24.8 Å². The first-order chi connectivity index (χ1) is 18.7. The lowest BCUT2D eigenvalue weighted by atomic mass is 9.81. The Bertz CT molecular complexity index is 1150. The topological polar surface area (TPSA) is 170 Å². The molecule has 2 aromatic heterocycles. The fraction of sp³-hybridized carbons (Fsp3) is 0.680. The summed E-state index contributed by atoms with van der Waals surface area (Å²) in [7, 11) is 0. The van der Waals surface area contributed by atoms with Crippen molar-refractivity contribution in [3.05, 3.63) is 25.1 Å². The number of rotatable bonds is 11. The van der Waals surface area contributed by atoms with Crippen LogP contribution >= 0.6 is 0 Å². The molecule has 2 unspecified atom stereocenters. The first-order valence-corrected chi connectivity index (χ1v) is 13.2. The van der Waals surface area contributed by atoms with Gasteiger partial charge in [0.25, 0.3) is 0 Å². The number of hydrogen-bond acceptors (Lipinski definition) is 11. The number of aromatic nitrogens is 4. The normalized spacial score (nSPS) is 29.8. The van der Waals surface area contributed by atoms with Crippen LogP contribution in [0.2, 0.25) is 0 Å². The van der Waals surface area contributed by atoms with Crippen LogP contribution in [-0.4, -0.2) is 83.7 Å². The molecule has 2 fully saturated rings. The molecular weight excluding hydrogens is 517 g/mol. The summed E-state index contributed by atoms with van der Waals surface area (Å²) in [5.74, 6) is -0.236. The van der Waals surface area contributed by atoms with E-state index in [9.17, 15) is 24.5 Å². The van der Waals surface area contributed by atoms with Crippen LogP contribution in [-0.2, 0) is 19.2 Å². The first-order valence-electron chi connectivity index (χ1n) is 13.2. The maximum atomic E-state index is 14.4. The van der Waals surface area contributed by atoms with E-state index in [0.29, 0.717) is 25.7 Å². The van der Waals surface area contributed by atoms with Crippen LogP contribution in [0.15, 0.2) is 19.0 Å². The van der Waals surface area contributed by atoms with Crippen LogP contribution in [0.1, 0.15) is 65.0 Å². The maximum absolute atomic E-state index is 14.4. The van der Waals surface area contributed by atoms with Gasteiger partial charge in [0.05, 0.1) is 19.0 Å². The van der Waals surface area contributed by atoms with Gasteiger partial charge in [0.15, 0.2) is 23.2 Å². The van der Waals surface area contributed by atoms with Gasteiger partial charge in [-0.3, -0.25) is 9.88 Å². The number of aliphatic hydroxyl groups excluding tert-OH is 3. The molecule has 1 aliphatic carbocycles. The highest BCUT2D eigenvalue weighted by molar-refractivity contribution is 5.93. The van der Waals surface area contributed by atoms with Crippen molar-refractivity contribution in [2.45, 2.75) is 101 Å². The zero-order valence-electron chi connectivity index (χ0n) is 22.0. The second-order valence-electron chi connectivity index (χ2n) is 9.91. The highest BCUT2D eigenvalue weighted by Gasteiger charge is 2.44. The van der Waals surface area contributed by atoms with Crippen molar-refractivity contribution in [2.75, 3.05) is 11.9 Å². The average Bonchev–Trinajstić information content (AvgIpc) is 3.46. The molecule has 0 bridgehead atoms. The number of anilines is 1. The molecule has 14 heteroatoms. The monoisotopic (exact) mass is 553 g/mol. The van der Waals surface area contributed by atoms with Gasteiger partial charge >= 0.3 is 12.2 Å². The Kier molecular flexibility index (Phi) is 9.46. The number of ether oxygens (including phenoxy) is 2. The molecule has 2 aromatic rings. The molecule has 1 aliphatic heterocycles. The minimum Gasteiger partial charge on any atom is -0.446 e. The van der Waals surface area contributed by atoms with Gasteiger partial charge in [0.2, 0.25) is 0 Å². The van der Waals surface area contributed by atoms with Crippen LogP contribution in [0.25, 0.3) is 11.2 Å². The number of nitrogens with one attached hydrogen (secondary N) is 1. The number of carbonyl (C=O) groups excluding carboxylic acids is 1. The molecule has 7 atom stereocenters. The standard InChI is InChI=1S/C25H36FN5O8/c1-4-8-14(5-2)38-39-25(6-3)10-7-9-15(11-25)36-24(35)29-20-17-21(30-23(26)28-20)31(13-27-17)22-19(34)18(33)16(12-32)37-22/h4,13-16,18-19,22,32-34H,1,5-12H2,2-3H3,(H,28,29,30,35)/t14?,15?,16-,18-,19+,22-,25-/m1/s1. The van der Waals surface area contributed by atoms with Crippen molar-refractivity contribution in [2.24, 2.45) is 0 Å². The van der Waals surface area contributed by atoms with Crippen LogP contribution < -0.4 is 5.32 Å². The predicted molar refractivity (Wildman–Crippen MR) is 135 cm³/mol. The van der Waals surface area contributed by atoms with E-state index in [-0.39, 0.29) is 23.1 Å². The fourth-order valence-electron chi connectivity index (χ4n) is 5.01. The third-order valence-corrected chi connectivity index (χ3v) is 7.33. The smallest absolute Gasteiger partial charge is 0.413 e. The van der Waals surface area contributed by atoms with Crippen molar-refractivity contribution in [3.8, 4) is 0 Å². The van der Waals surface area contributed by atoms with Gasteiger partial charge in [0, 0.05) is 6.42 Å². The van der Waals surface area contributed by atoms with E-state index in [2.05, 4.69) is 26.8 Å². The molecule has 1 saturated heterocycles. The number of imidazole rings is 1. The molecule has 0 aromatic carbocycles. The second-order valence-corrected chi connectivity index (χ2v) is 9.91. The second kappa shape index (κ2) is 12.6. The van der Waals surface area contributed by atoms with Crippen LogP contribution in [0, 0.1) is 6.08 Å². The Balaban J connectivity index is 1.44. The number of hydrogen-bond donors (Lipinski definition) is 4.